The summed E-state index contributed by atoms with van der Waals surface area (Å²) in [5.74, 6) is 0.0719. The first-order chi connectivity index (χ1) is 9.10. The van der Waals surface area contributed by atoms with Gasteiger partial charge in [-0.05, 0) is 37.8 Å². The van der Waals surface area contributed by atoms with E-state index in [-0.39, 0.29) is 17.9 Å². The summed E-state index contributed by atoms with van der Waals surface area (Å²) in [5.41, 5.74) is -0.0867. The molecule has 0 radical (unpaired) electrons. The van der Waals surface area contributed by atoms with Gasteiger partial charge in [-0.1, -0.05) is 18.2 Å². The van der Waals surface area contributed by atoms with E-state index < -0.39 is 5.54 Å². The molecule has 19 heavy (non-hydrogen) atoms. The van der Waals surface area contributed by atoms with E-state index in [0.717, 1.165) is 12.8 Å². The van der Waals surface area contributed by atoms with Crippen LogP contribution in [0.1, 0.15) is 30.1 Å². The van der Waals surface area contributed by atoms with Gasteiger partial charge in [-0.2, -0.15) is 0 Å². The number of benzene rings is 1. The third kappa shape index (κ3) is 1.52. The molecule has 1 saturated carbocycles. The minimum atomic E-state index is -0.717. The smallest absolute Gasteiger partial charge is 0.331 e. The first kappa shape index (κ1) is 12.2. The summed E-state index contributed by atoms with van der Waals surface area (Å²) in [6.45, 7) is 2.02. The van der Waals surface area contributed by atoms with Crippen LogP contribution in [0.15, 0.2) is 30.3 Å². The molecule has 1 aromatic carbocycles. The highest BCUT2D eigenvalue weighted by Crippen LogP contribution is 2.55. The number of carbonyl (C=O) groups is 2. The van der Waals surface area contributed by atoms with Crippen molar-refractivity contribution in [2.45, 2.75) is 31.3 Å². The lowest BCUT2D eigenvalue weighted by Gasteiger charge is -2.39. The number of nitrogens with zero attached hydrogens (tertiary/aromatic N) is 1. The average molecular weight is 259 g/mol. The molecule has 2 heterocycles. The highest BCUT2D eigenvalue weighted by atomic mass is 16.5. The summed E-state index contributed by atoms with van der Waals surface area (Å²) < 4.78 is 4.91. The molecule has 1 aromatic rings. The summed E-state index contributed by atoms with van der Waals surface area (Å²) in [6.07, 6.45) is 1.47. The van der Waals surface area contributed by atoms with Gasteiger partial charge in [-0.15, -0.1) is 0 Å². The topological polar surface area (TPSA) is 46.6 Å². The second kappa shape index (κ2) is 4.08. The van der Waals surface area contributed by atoms with E-state index in [0.29, 0.717) is 11.5 Å². The molecule has 4 heteroatoms. The van der Waals surface area contributed by atoms with Crippen LogP contribution in [0.4, 0.5) is 0 Å². The van der Waals surface area contributed by atoms with Gasteiger partial charge in [-0.25, -0.2) is 4.79 Å². The van der Waals surface area contributed by atoms with Crippen molar-refractivity contribution in [1.29, 1.82) is 0 Å². The van der Waals surface area contributed by atoms with Crippen LogP contribution in [0.5, 0.6) is 0 Å². The number of esters is 1. The Morgan fingerprint density at radius 3 is 2.47 bits per heavy atom. The monoisotopic (exact) mass is 259 g/mol. The fourth-order valence-electron chi connectivity index (χ4n) is 3.50. The first-order valence-corrected chi connectivity index (χ1v) is 6.57. The second-order valence-electron chi connectivity index (χ2n) is 5.47. The van der Waals surface area contributed by atoms with Gasteiger partial charge < -0.3 is 9.64 Å². The zero-order valence-corrected chi connectivity index (χ0v) is 11.1. The third-order valence-electron chi connectivity index (χ3n) is 4.56. The molecule has 4 nitrogen and oxygen atoms in total. The molecule has 3 aliphatic rings. The van der Waals surface area contributed by atoms with E-state index in [1.165, 1.54) is 7.11 Å². The van der Waals surface area contributed by atoms with Crippen molar-refractivity contribution in [3.8, 4) is 0 Å². The summed E-state index contributed by atoms with van der Waals surface area (Å²) in [5, 5.41) is 0. The quantitative estimate of drug-likeness (QED) is 0.761. The SMILES string of the molecule is COC(=O)C12CC(C1)C(C)N2C(=O)c1ccccc1. The molecule has 100 valence electrons. The number of fused-ring (bicyclic) bond motifs is 1. The van der Waals surface area contributed by atoms with Crippen LogP contribution < -0.4 is 0 Å². The molecule has 2 aliphatic heterocycles. The zero-order valence-electron chi connectivity index (χ0n) is 11.1. The maximum atomic E-state index is 12.6. The predicted molar refractivity (Wildman–Crippen MR) is 69.5 cm³/mol. The van der Waals surface area contributed by atoms with Crippen LogP contribution in [0, 0.1) is 5.92 Å². The van der Waals surface area contributed by atoms with Crippen molar-refractivity contribution in [1.82, 2.24) is 4.90 Å². The van der Waals surface area contributed by atoms with Crippen LogP contribution in [0.3, 0.4) is 0 Å². The normalized spacial score (nSPS) is 31.8. The Morgan fingerprint density at radius 1 is 1.26 bits per heavy atom. The van der Waals surface area contributed by atoms with Crippen molar-refractivity contribution in [3.63, 3.8) is 0 Å². The summed E-state index contributed by atoms with van der Waals surface area (Å²) in [7, 11) is 1.39. The van der Waals surface area contributed by atoms with Crippen molar-refractivity contribution in [3.05, 3.63) is 35.9 Å². The molecule has 0 spiro atoms. The highest BCUT2D eigenvalue weighted by Gasteiger charge is 2.66. The van der Waals surface area contributed by atoms with Crippen LogP contribution in [0.2, 0.25) is 0 Å². The molecule has 1 atom stereocenters. The van der Waals surface area contributed by atoms with Gasteiger partial charge >= 0.3 is 5.97 Å². The van der Waals surface area contributed by atoms with Gasteiger partial charge in [0.05, 0.1) is 7.11 Å². The third-order valence-corrected chi connectivity index (χ3v) is 4.56. The molecule has 4 rings (SSSR count). The zero-order chi connectivity index (χ0) is 13.6. The number of carbonyl (C=O) groups excluding carboxylic acids is 2. The summed E-state index contributed by atoms with van der Waals surface area (Å²) in [4.78, 5) is 26.4. The molecule has 0 aromatic heterocycles. The van der Waals surface area contributed by atoms with Gasteiger partial charge in [0.1, 0.15) is 5.54 Å². The minimum Gasteiger partial charge on any atom is -0.467 e. The van der Waals surface area contributed by atoms with Crippen molar-refractivity contribution in [2.75, 3.05) is 7.11 Å². The van der Waals surface area contributed by atoms with E-state index in [1.807, 2.05) is 25.1 Å². The van der Waals surface area contributed by atoms with Crippen molar-refractivity contribution >= 4 is 11.9 Å². The largest absolute Gasteiger partial charge is 0.467 e. The average Bonchev–Trinajstić information content (AvgIpc) is 2.85. The lowest BCUT2D eigenvalue weighted by Crippen LogP contribution is -2.55. The van der Waals surface area contributed by atoms with Gasteiger partial charge in [-0.3, -0.25) is 4.79 Å². The Hall–Kier alpha value is -1.84. The van der Waals surface area contributed by atoms with Crippen molar-refractivity contribution < 1.29 is 14.3 Å². The van der Waals surface area contributed by atoms with Gasteiger partial charge in [0, 0.05) is 11.6 Å². The van der Waals surface area contributed by atoms with E-state index in [4.69, 9.17) is 4.74 Å². The van der Waals surface area contributed by atoms with Crippen LogP contribution in [-0.2, 0) is 9.53 Å². The van der Waals surface area contributed by atoms with E-state index in [1.54, 1.807) is 17.0 Å². The van der Waals surface area contributed by atoms with Crippen molar-refractivity contribution in [2.24, 2.45) is 5.92 Å². The van der Waals surface area contributed by atoms with E-state index in [2.05, 4.69) is 0 Å². The molecule has 1 unspecified atom stereocenters. The van der Waals surface area contributed by atoms with Crippen LogP contribution in [-0.4, -0.2) is 35.5 Å². The summed E-state index contributed by atoms with van der Waals surface area (Å²) >= 11 is 0. The van der Waals surface area contributed by atoms with Gasteiger partial charge in [0.15, 0.2) is 0 Å². The lowest BCUT2D eigenvalue weighted by molar-refractivity contribution is -0.155. The number of hydrogen-bond donors (Lipinski definition) is 0. The standard InChI is InChI=1S/C15H17NO3/c1-10-12-8-15(9-12,14(18)19-2)16(10)13(17)11-6-4-3-5-7-11/h3-7,10,12H,8-9H2,1-2H3. The molecule has 0 N–H and O–H groups in total. The Morgan fingerprint density at radius 2 is 1.89 bits per heavy atom. The lowest BCUT2D eigenvalue weighted by atomic mass is 9.72. The fourth-order valence-corrected chi connectivity index (χ4v) is 3.50. The number of hydrogen-bond acceptors (Lipinski definition) is 3. The minimum absolute atomic E-state index is 0.0708. The Labute approximate surface area is 112 Å². The fraction of sp³-hybridized carbons (Fsp3) is 0.467. The van der Waals surface area contributed by atoms with Gasteiger partial charge in [0.2, 0.25) is 0 Å². The second-order valence-corrected chi connectivity index (χ2v) is 5.47. The van der Waals surface area contributed by atoms with E-state index >= 15 is 0 Å². The molecule has 3 fully saturated rings. The number of rotatable bonds is 2. The number of methoxy groups -OCH3 is 1. The summed E-state index contributed by atoms with van der Waals surface area (Å²) in [6, 6.07) is 9.23. The van der Waals surface area contributed by atoms with Gasteiger partial charge in [0.25, 0.3) is 5.91 Å². The Bertz CT molecular complexity index is 519. The molecule has 1 aliphatic carbocycles. The van der Waals surface area contributed by atoms with E-state index in [9.17, 15) is 9.59 Å². The highest BCUT2D eigenvalue weighted by molar-refractivity contribution is 5.99. The Balaban J connectivity index is 1.95. The maximum absolute atomic E-state index is 12.6. The number of ether oxygens (including phenoxy) is 1. The molecule has 2 bridgehead atoms. The van der Waals surface area contributed by atoms with Crippen LogP contribution >= 0.6 is 0 Å². The first-order valence-electron chi connectivity index (χ1n) is 6.57. The maximum Gasteiger partial charge on any atom is 0.331 e. The molecular formula is C15H17NO3. The molecule has 2 saturated heterocycles. The predicted octanol–water partition coefficient (Wildman–Crippen LogP) is 1.85. The Kier molecular flexibility index (Phi) is 2.62. The molecule has 1 amide bonds. The molecular weight excluding hydrogens is 242 g/mol. The van der Waals surface area contributed by atoms with Crippen LogP contribution in [0.25, 0.3) is 0 Å². The number of amides is 1.